The van der Waals surface area contributed by atoms with E-state index in [1.807, 2.05) is 0 Å². The van der Waals surface area contributed by atoms with E-state index in [4.69, 9.17) is 4.74 Å². The molecule has 0 bridgehead atoms. The molecule has 0 fully saturated rings. The van der Waals surface area contributed by atoms with Gasteiger partial charge in [-0.25, -0.2) is 9.59 Å². The van der Waals surface area contributed by atoms with Gasteiger partial charge in [-0.1, -0.05) is 12.1 Å². The lowest BCUT2D eigenvalue weighted by Gasteiger charge is -2.33. The predicted octanol–water partition coefficient (Wildman–Crippen LogP) is 2.13. The van der Waals surface area contributed by atoms with Crippen LogP contribution in [-0.4, -0.2) is 35.5 Å². The van der Waals surface area contributed by atoms with E-state index >= 15 is 0 Å². The number of non-ortho nitro benzene ring substituents is 1. The number of nitro groups is 1. The minimum Gasteiger partial charge on any atom is -0.461 e. The van der Waals surface area contributed by atoms with E-state index in [0.29, 0.717) is 11.1 Å². The van der Waals surface area contributed by atoms with Crippen molar-refractivity contribution in [2.24, 2.45) is 0 Å². The minimum absolute atomic E-state index is 0.0823. The van der Waals surface area contributed by atoms with Crippen LogP contribution in [0.25, 0.3) is 0 Å². The van der Waals surface area contributed by atoms with E-state index in [1.165, 1.54) is 30.1 Å². The van der Waals surface area contributed by atoms with Gasteiger partial charge in [0.2, 0.25) is 0 Å². The van der Waals surface area contributed by atoms with Gasteiger partial charge in [0.25, 0.3) is 5.69 Å². The third-order valence-corrected chi connectivity index (χ3v) is 3.60. The first-order valence-corrected chi connectivity index (χ1v) is 7.03. The average molecular weight is 319 g/mol. The van der Waals surface area contributed by atoms with Crippen molar-refractivity contribution < 1.29 is 19.2 Å². The maximum absolute atomic E-state index is 12.1. The second-order valence-corrected chi connectivity index (χ2v) is 5.05. The highest BCUT2D eigenvalue weighted by atomic mass is 16.6. The van der Waals surface area contributed by atoms with Crippen LogP contribution in [0.1, 0.15) is 25.5 Å². The second kappa shape index (κ2) is 6.47. The Morgan fingerprint density at radius 3 is 2.78 bits per heavy atom. The van der Waals surface area contributed by atoms with Crippen LogP contribution in [0.5, 0.6) is 0 Å². The largest absolute Gasteiger partial charge is 0.461 e. The van der Waals surface area contributed by atoms with E-state index in [0.717, 1.165) is 0 Å². The van der Waals surface area contributed by atoms with E-state index in [2.05, 4.69) is 5.32 Å². The van der Waals surface area contributed by atoms with E-state index in [9.17, 15) is 19.7 Å². The molecule has 0 aliphatic carbocycles. The van der Waals surface area contributed by atoms with Gasteiger partial charge in [0, 0.05) is 19.2 Å². The summed E-state index contributed by atoms with van der Waals surface area (Å²) in [4.78, 5) is 35.8. The molecule has 1 heterocycles. The molecule has 23 heavy (non-hydrogen) atoms. The van der Waals surface area contributed by atoms with Crippen LogP contribution in [0.4, 0.5) is 10.5 Å². The normalized spacial score (nSPS) is 17.8. The second-order valence-electron chi connectivity index (χ2n) is 5.05. The number of esters is 1. The quantitative estimate of drug-likeness (QED) is 0.520. The summed E-state index contributed by atoms with van der Waals surface area (Å²) in [5.74, 6) is -0.599. The van der Waals surface area contributed by atoms with Crippen molar-refractivity contribution in [3.63, 3.8) is 0 Å². The zero-order valence-corrected chi connectivity index (χ0v) is 13.0. The van der Waals surface area contributed by atoms with Gasteiger partial charge in [-0.2, -0.15) is 0 Å². The zero-order valence-electron chi connectivity index (χ0n) is 13.0. The molecule has 0 spiro atoms. The zero-order chi connectivity index (χ0) is 17.1. The number of nitro benzene ring substituents is 1. The number of nitrogens with zero attached hydrogens (tertiary/aromatic N) is 2. The fraction of sp³-hybridized carbons (Fsp3) is 0.333. The fourth-order valence-corrected chi connectivity index (χ4v) is 2.48. The molecule has 0 aromatic heterocycles. The van der Waals surface area contributed by atoms with Gasteiger partial charge >= 0.3 is 12.0 Å². The SMILES string of the molecule is CCOC(=O)C1=C(C)[C@H](c2cccc([N+](=O)[O-])c2)NC(=O)N1C. The number of hydrogen-bond donors (Lipinski definition) is 1. The van der Waals surface area contributed by atoms with E-state index in [1.54, 1.807) is 19.9 Å². The van der Waals surface area contributed by atoms with Crippen molar-refractivity contribution in [3.8, 4) is 0 Å². The minimum atomic E-state index is -0.627. The third kappa shape index (κ3) is 3.15. The lowest BCUT2D eigenvalue weighted by molar-refractivity contribution is -0.384. The standard InChI is InChI=1S/C15H17N3O5/c1-4-23-14(19)13-9(2)12(16-15(20)17(13)3)10-6-5-7-11(8-10)18(21)22/h5-8,12H,4H2,1-3H3,(H,16,20)/t12-/m1/s1. The first kappa shape index (κ1) is 16.5. The Balaban J connectivity index is 2.49. The van der Waals surface area contributed by atoms with Crippen LogP contribution in [0.15, 0.2) is 35.5 Å². The van der Waals surface area contributed by atoms with Crippen molar-refractivity contribution in [1.29, 1.82) is 0 Å². The number of carbonyl (C=O) groups excluding carboxylic acids is 2. The Morgan fingerprint density at radius 2 is 2.17 bits per heavy atom. The molecule has 122 valence electrons. The highest BCUT2D eigenvalue weighted by Gasteiger charge is 2.34. The number of nitrogens with one attached hydrogen (secondary N) is 1. The van der Waals surface area contributed by atoms with Crippen molar-refractivity contribution in [2.45, 2.75) is 19.9 Å². The Bertz CT molecular complexity index is 698. The summed E-state index contributed by atoms with van der Waals surface area (Å²) >= 11 is 0. The summed E-state index contributed by atoms with van der Waals surface area (Å²) in [5.41, 5.74) is 1.15. The molecule has 0 saturated carbocycles. The number of hydrogen-bond acceptors (Lipinski definition) is 5. The average Bonchev–Trinajstić information content (AvgIpc) is 2.51. The molecule has 0 radical (unpaired) electrons. The molecule has 2 amide bonds. The first-order chi connectivity index (χ1) is 10.9. The van der Waals surface area contributed by atoms with Gasteiger partial charge in [-0.3, -0.25) is 15.0 Å². The number of urea groups is 1. The van der Waals surface area contributed by atoms with E-state index in [-0.39, 0.29) is 18.0 Å². The molecule has 1 N–H and O–H groups in total. The van der Waals surface area contributed by atoms with Crippen LogP contribution in [0, 0.1) is 10.1 Å². The topological polar surface area (TPSA) is 102 Å². The van der Waals surface area contributed by atoms with E-state index < -0.39 is 23.0 Å². The Kier molecular flexibility index (Phi) is 4.63. The van der Waals surface area contributed by atoms with Crippen LogP contribution < -0.4 is 5.32 Å². The monoisotopic (exact) mass is 319 g/mol. The van der Waals surface area contributed by atoms with Gasteiger partial charge < -0.3 is 10.1 Å². The lowest BCUT2D eigenvalue weighted by atomic mass is 9.95. The Morgan fingerprint density at radius 1 is 1.48 bits per heavy atom. The molecule has 2 rings (SSSR count). The number of amides is 2. The summed E-state index contributed by atoms with van der Waals surface area (Å²) in [5, 5.41) is 13.6. The molecule has 1 aromatic rings. The Hall–Kier alpha value is -2.90. The smallest absolute Gasteiger partial charge is 0.355 e. The van der Waals surface area contributed by atoms with Crippen LogP contribution in [0.2, 0.25) is 0 Å². The molecule has 1 aromatic carbocycles. The number of benzene rings is 1. The Labute approximate surface area is 132 Å². The molecule has 1 aliphatic rings. The highest BCUT2D eigenvalue weighted by molar-refractivity contribution is 5.96. The number of rotatable bonds is 4. The van der Waals surface area contributed by atoms with Gasteiger partial charge in [-0.15, -0.1) is 0 Å². The fourth-order valence-electron chi connectivity index (χ4n) is 2.48. The first-order valence-electron chi connectivity index (χ1n) is 7.03. The molecule has 0 unspecified atom stereocenters. The number of ether oxygens (including phenoxy) is 1. The predicted molar refractivity (Wildman–Crippen MR) is 81.5 cm³/mol. The molecular formula is C15H17N3O5. The van der Waals surface area contributed by atoms with Gasteiger partial charge in [-0.05, 0) is 25.0 Å². The number of carbonyl (C=O) groups is 2. The molecule has 8 nitrogen and oxygen atoms in total. The summed E-state index contributed by atoms with van der Waals surface area (Å²) in [6.07, 6.45) is 0. The summed E-state index contributed by atoms with van der Waals surface area (Å²) in [6, 6.07) is 4.84. The van der Waals surface area contributed by atoms with Gasteiger partial charge in [0.15, 0.2) is 0 Å². The maximum Gasteiger partial charge on any atom is 0.355 e. The summed E-state index contributed by atoms with van der Waals surface area (Å²) in [7, 11) is 1.47. The molecule has 1 atom stereocenters. The van der Waals surface area contributed by atoms with Crippen molar-refractivity contribution in [1.82, 2.24) is 10.2 Å². The van der Waals surface area contributed by atoms with Gasteiger partial charge in [0.1, 0.15) is 5.70 Å². The summed E-state index contributed by atoms with van der Waals surface area (Å²) < 4.78 is 4.99. The van der Waals surface area contributed by atoms with Crippen LogP contribution in [-0.2, 0) is 9.53 Å². The molecule has 8 heteroatoms. The third-order valence-electron chi connectivity index (χ3n) is 3.60. The highest BCUT2D eigenvalue weighted by Crippen LogP contribution is 2.31. The number of likely N-dealkylation sites (N-methyl/N-ethyl adjacent to an activating group) is 1. The maximum atomic E-state index is 12.1. The molecule has 1 aliphatic heterocycles. The van der Waals surface area contributed by atoms with Crippen molar-refractivity contribution in [3.05, 3.63) is 51.2 Å². The van der Waals surface area contributed by atoms with Gasteiger partial charge in [0.05, 0.1) is 17.6 Å². The van der Waals surface area contributed by atoms with Crippen molar-refractivity contribution in [2.75, 3.05) is 13.7 Å². The molecular weight excluding hydrogens is 302 g/mol. The van der Waals surface area contributed by atoms with Crippen LogP contribution >= 0.6 is 0 Å². The summed E-state index contributed by atoms with van der Waals surface area (Å²) in [6.45, 7) is 3.55. The van der Waals surface area contributed by atoms with Crippen molar-refractivity contribution >= 4 is 17.7 Å². The van der Waals surface area contributed by atoms with Crippen LogP contribution in [0.3, 0.4) is 0 Å². The molecule has 0 saturated heterocycles. The lowest BCUT2D eigenvalue weighted by Crippen LogP contribution is -2.46.